The molecule has 150 valence electrons. The normalized spacial score (nSPS) is 14.1. The van der Waals surface area contributed by atoms with E-state index in [2.05, 4.69) is 15.0 Å². The summed E-state index contributed by atoms with van der Waals surface area (Å²) < 4.78 is 23.5. The first-order valence-corrected chi connectivity index (χ1v) is 9.37. The van der Waals surface area contributed by atoms with Crippen molar-refractivity contribution in [2.24, 2.45) is 0 Å². The molecule has 1 amide bonds. The molecule has 2 heterocycles. The quantitative estimate of drug-likeness (QED) is 0.660. The van der Waals surface area contributed by atoms with Crippen LogP contribution in [0.1, 0.15) is 5.89 Å². The molecule has 1 aromatic heterocycles. The fourth-order valence-electron chi connectivity index (χ4n) is 3.29. The summed E-state index contributed by atoms with van der Waals surface area (Å²) in [5.74, 6) is 1.18. The first kappa shape index (κ1) is 18.9. The van der Waals surface area contributed by atoms with Gasteiger partial charge in [0.05, 0.1) is 7.11 Å². The van der Waals surface area contributed by atoms with Crippen LogP contribution in [0.25, 0.3) is 11.4 Å². The summed E-state index contributed by atoms with van der Waals surface area (Å²) in [6, 6.07) is 13.7. The second-order valence-corrected chi connectivity index (χ2v) is 6.76. The molecule has 4 rings (SSSR count). The standard InChI is InChI=1S/C21H21FN4O3/c1-28-18-8-2-15(3-9-18)21-23-19(29-24-21)14-20(27)26-12-10-25(11-13-26)17-6-4-16(22)5-7-17/h2-9H,10-14H2,1H3. The van der Waals surface area contributed by atoms with Crippen molar-refractivity contribution in [3.05, 3.63) is 60.2 Å². The van der Waals surface area contributed by atoms with Gasteiger partial charge in [0.2, 0.25) is 17.6 Å². The lowest BCUT2D eigenvalue weighted by Crippen LogP contribution is -2.49. The van der Waals surface area contributed by atoms with Crippen LogP contribution in [0, 0.1) is 5.82 Å². The summed E-state index contributed by atoms with van der Waals surface area (Å²) >= 11 is 0. The summed E-state index contributed by atoms with van der Waals surface area (Å²) in [6.07, 6.45) is 0.0691. The van der Waals surface area contributed by atoms with Crippen LogP contribution in [0.4, 0.5) is 10.1 Å². The van der Waals surface area contributed by atoms with Gasteiger partial charge in [-0.1, -0.05) is 5.16 Å². The van der Waals surface area contributed by atoms with Crippen molar-refractivity contribution in [3.63, 3.8) is 0 Å². The molecule has 0 radical (unpaired) electrons. The topological polar surface area (TPSA) is 71.7 Å². The second-order valence-electron chi connectivity index (χ2n) is 6.76. The largest absolute Gasteiger partial charge is 0.497 e. The molecular weight excluding hydrogens is 375 g/mol. The summed E-state index contributed by atoms with van der Waals surface area (Å²) in [6.45, 7) is 2.57. The Morgan fingerprint density at radius 2 is 1.76 bits per heavy atom. The number of nitrogens with zero attached hydrogens (tertiary/aromatic N) is 4. The molecule has 0 atom stereocenters. The highest BCUT2D eigenvalue weighted by molar-refractivity contribution is 5.78. The Bertz CT molecular complexity index is 964. The molecule has 1 saturated heterocycles. The summed E-state index contributed by atoms with van der Waals surface area (Å²) in [5.41, 5.74) is 1.75. The Morgan fingerprint density at radius 1 is 1.07 bits per heavy atom. The van der Waals surface area contributed by atoms with Gasteiger partial charge in [-0.2, -0.15) is 4.98 Å². The van der Waals surface area contributed by atoms with E-state index >= 15 is 0 Å². The van der Waals surface area contributed by atoms with Crippen molar-refractivity contribution < 1.29 is 18.4 Å². The number of carbonyl (C=O) groups excluding carboxylic acids is 1. The lowest BCUT2D eigenvalue weighted by atomic mass is 10.2. The fraction of sp³-hybridized carbons (Fsp3) is 0.286. The third-order valence-corrected chi connectivity index (χ3v) is 4.94. The first-order valence-electron chi connectivity index (χ1n) is 9.37. The number of methoxy groups -OCH3 is 1. The fourth-order valence-corrected chi connectivity index (χ4v) is 3.29. The van der Waals surface area contributed by atoms with E-state index in [9.17, 15) is 9.18 Å². The minimum atomic E-state index is -0.254. The van der Waals surface area contributed by atoms with Gasteiger partial charge in [0.25, 0.3) is 0 Å². The van der Waals surface area contributed by atoms with E-state index in [0.717, 1.165) is 17.0 Å². The number of hydrogen-bond donors (Lipinski definition) is 0. The first-order chi connectivity index (χ1) is 14.1. The van der Waals surface area contributed by atoms with Crippen molar-refractivity contribution in [2.75, 3.05) is 38.2 Å². The molecule has 2 aromatic carbocycles. The number of anilines is 1. The number of rotatable bonds is 5. The minimum Gasteiger partial charge on any atom is -0.497 e. The molecule has 1 aliphatic heterocycles. The molecule has 0 bridgehead atoms. The zero-order valence-corrected chi connectivity index (χ0v) is 16.0. The van der Waals surface area contributed by atoms with Crippen LogP contribution in [-0.2, 0) is 11.2 Å². The number of amides is 1. The van der Waals surface area contributed by atoms with E-state index < -0.39 is 0 Å². The Morgan fingerprint density at radius 3 is 2.41 bits per heavy atom. The molecule has 7 nitrogen and oxygen atoms in total. The molecule has 1 fully saturated rings. The van der Waals surface area contributed by atoms with Crippen molar-refractivity contribution in [1.82, 2.24) is 15.0 Å². The molecular formula is C21H21FN4O3. The minimum absolute atomic E-state index is 0.0475. The molecule has 8 heteroatoms. The lowest BCUT2D eigenvalue weighted by Gasteiger charge is -2.36. The van der Waals surface area contributed by atoms with E-state index in [1.807, 2.05) is 24.3 Å². The molecule has 0 saturated carbocycles. The van der Waals surface area contributed by atoms with Crippen LogP contribution in [0.5, 0.6) is 5.75 Å². The van der Waals surface area contributed by atoms with Crippen LogP contribution in [0.3, 0.4) is 0 Å². The van der Waals surface area contributed by atoms with Crippen molar-refractivity contribution in [2.45, 2.75) is 6.42 Å². The number of piperazine rings is 1. The Labute approximate surface area is 167 Å². The van der Waals surface area contributed by atoms with Gasteiger partial charge in [-0.25, -0.2) is 4.39 Å². The average molecular weight is 396 g/mol. The highest BCUT2D eigenvalue weighted by atomic mass is 19.1. The molecule has 1 aliphatic rings. The van der Waals surface area contributed by atoms with Crippen LogP contribution < -0.4 is 9.64 Å². The zero-order chi connectivity index (χ0) is 20.2. The molecule has 0 aliphatic carbocycles. The van der Waals surface area contributed by atoms with E-state index in [-0.39, 0.29) is 18.1 Å². The van der Waals surface area contributed by atoms with Crippen molar-refractivity contribution in [1.29, 1.82) is 0 Å². The Hall–Kier alpha value is -3.42. The highest BCUT2D eigenvalue weighted by Crippen LogP contribution is 2.20. The Kier molecular flexibility index (Phi) is 5.41. The zero-order valence-electron chi connectivity index (χ0n) is 16.0. The predicted octanol–water partition coefficient (Wildman–Crippen LogP) is 2.78. The molecule has 3 aromatic rings. The van der Waals surface area contributed by atoms with E-state index in [1.54, 1.807) is 24.1 Å². The Balaban J connectivity index is 1.33. The van der Waals surface area contributed by atoms with Gasteiger partial charge >= 0.3 is 0 Å². The van der Waals surface area contributed by atoms with Crippen molar-refractivity contribution >= 4 is 11.6 Å². The average Bonchev–Trinajstić information content (AvgIpc) is 3.23. The van der Waals surface area contributed by atoms with E-state index in [0.29, 0.717) is 37.9 Å². The van der Waals surface area contributed by atoms with Gasteiger partial charge in [-0.3, -0.25) is 4.79 Å². The summed E-state index contributed by atoms with van der Waals surface area (Å²) in [4.78, 5) is 20.9. The van der Waals surface area contributed by atoms with E-state index in [4.69, 9.17) is 9.26 Å². The third kappa shape index (κ3) is 4.37. The summed E-state index contributed by atoms with van der Waals surface area (Å²) in [5, 5.41) is 3.96. The van der Waals surface area contributed by atoms with Crippen LogP contribution >= 0.6 is 0 Å². The molecule has 0 spiro atoms. The number of aromatic nitrogens is 2. The second kappa shape index (κ2) is 8.30. The molecule has 0 N–H and O–H groups in total. The predicted molar refractivity (Wildman–Crippen MR) is 105 cm³/mol. The number of benzene rings is 2. The van der Waals surface area contributed by atoms with Crippen molar-refractivity contribution in [3.8, 4) is 17.1 Å². The smallest absolute Gasteiger partial charge is 0.236 e. The molecule has 29 heavy (non-hydrogen) atoms. The number of hydrogen-bond acceptors (Lipinski definition) is 6. The maximum Gasteiger partial charge on any atom is 0.236 e. The van der Waals surface area contributed by atoms with Gasteiger partial charge < -0.3 is 19.1 Å². The van der Waals surface area contributed by atoms with E-state index in [1.165, 1.54) is 12.1 Å². The maximum atomic E-state index is 13.1. The SMILES string of the molecule is COc1ccc(-c2noc(CC(=O)N3CCN(c4ccc(F)cc4)CC3)n2)cc1. The number of carbonyl (C=O) groups is 1. The maximum absolute atomic E-state index is 13.1. The summed E-state index contributed by atoms with van der Waals surface area (Å²) in [7, 11) is 1.60. The van der Waals surface area contributed by atoms with Gasteiger partial charge in [0.1, 0.15) is 18.0 Å². The van der Waals surface area contributed by atoms with Crippen LogP contribution in [0.2, 0.25) is 0 Å². The monoisotopic (exact) mass is 396 g/mol. The van der Waals surface area contributed by atoms with Gasteiger partial charge in [0, 0.05) is 37.4 Å². The van der Waals surface area contributed by atoms with Gasteiger partial charge in [-0.15, -0.1) is 0 Å². The highest BCUT2D eigenvalue weighted by Gasteiger charge is 2.23. The van der Waals surface area contributed by atoms with Gasteiger partial charge in [-0.05, 0) is 48.5 Å². The molecule has 0 unspecified atom stereocenters. The van der Waals surface area contributed by atoms with Gasteiger partial charge in [0.15, 0.2) is 0 Å². The van der Waals surface area contributed by atoms with Crippen LogP contribution in [0.15, 0.2) is 53.1 Å². The number of ether oxygens (including phenoxy) is 1. The van der Waals surface area contributed by atoms with Crippen LogP contribution in [-0.4, -0.2) is 54.2 Å². The lowest BCUT2D eigenvalue weighted by molar-refractivity contribution is -0.131. The number of halogens is 1. The third-order valence-electron chi connectivity index (χ3n) is 4.94.